The van der Waals surface area contributed by atoms with Gasteiger partial charge in [0.1, 0.15) is 11.6 Å². The maximum absolute atomic E-state index is 12.9. The van der Waals surface area contributed by atoms with Crippen molar-refractivity contribution in [2.75, 3.05) is 27.7 Å². The number of ether oxygens (including phenoxy) is 1. The Kier molecular flexibility index (Phi) is 6.71. The molecule has 25 heavy (non-hydrogen) atoms. The van der Waals surface area contributed by atoms with Gasteiger partial charge in [-0.15, -0.1) is 0 Å². The van der Waals surface area contributed by atoms with Crippen LogP contribution in [0.3, 0.4) is 0 Å². The molecule has 0 saturated heterocycles. The van der Waals surface area contributed by atoms with E-state index in [1.165, 1.54) is 18.2 Å². The highest BCUT2D eigenvalue weighted by Gasteiger charge is 2.18. The van der Waals surface area contributed by atoms with Gasteiger partial charge in [0, 0.05) is 18.2 Å². The summed E-state index contributed by atoms with van der Waals surface area (Å²) >= 11 is 0. The number of likely N-dealkylation sites (N-methyl/N-ethyl adjacent to an activating group) is 1. The fraction of sp³-hybridized carbons (Fsp3) is 0.250. The average molecular weight is 342 g/mol. The molecule has 2 aromatic carbocycles. The SMILES string of the molecule is COc1ccccc1[C@H](CNC(=O)/C=C/c1ccc(F)cc1)N(C)C. The second-order valence-electron chi connectivity index (χ2n) is 5.85. The Labute approximate surface area is 147 Å². The molecule has 0 aromatic heterocycles. The lowest BCUT2D eigenvalue weighted by atomic mass is 10.0. The number of para-hydroxylation sites is 1. The summed E-state index contributed by atoms with van der Waals surface area (Å²) in [5.74, 6) is 0.288. The summed E-state index contributed by atoms with van der Waals surface area (Å²) < 4.78 is 18.3. The van der Waals surface area contributed by atoms with Crippen LogP contribution in [-0.2, 0) is 4.79 Å². The number of amides is 1. The summed E-state index contributed by atoms with van der Waals surface area (Å²) in [7, 11) is 5.55. The van der Waals surface area contributed by atoms with Gasteiger partial charge >= 0.3 is 0 Å². The molecule has 1 N–H and O–H groups in total. The molecule has 0 saturated carbocycles. The van der Waals surface area contributed by atoms with E-state index in [1.807, 2.05) is 43.3 Å². The van der Waals surface area contributed by atoms with Crippen LogP contribution < -0.4 is 10.1 Å². The lowest BCUT2D eigenvalue weighted by Crippen LogP contribution is -2.33. The van der Waals surface area contributed by atoms with E-state index in [9.17, 15) is 9.18 Å². The number of hydrogen-bond acceptors (Lipinski definition) is 3. The van der Waals surface area contributed by atoms with E-state index in [4.69, 9.17) is 4.74 Å². The molecule has 0 spiro atoms. The van der Waals surface area contributed by atoms with Gasteiger partial charge in [0.2, 0.25) is 5.91 Å². The first kappa shape index (κ1) is 18.7. The van der Waals surface area contributed by atoms with Crippen molar-refractivity contribution in [2.24, 2.45) is 0 Å². The summed E-state index contributed by atoms with van der Waals surface area (Å²) in [6.07, 6.45) is 3.10. The van der Waals surface area contributed by atoms with Gasteiger partial charge in [-0.25, -0.2) is 4.39 Å². The third kappa shape index (κ3) is 5.43. The smallest absolute Gasteiger partial charge is 0.244 e. The summed E-state index contributed by atoms with van der Waals surface area (Å²) in [4.78, 5) is 14.1. The van der Waals surface area contributed by atoms with Gasteiger partial charge in [-0.3, -0.25) is 4.79 Å². The minimum atomic E-state index is -0.299. The molecule has 0 aliphatic rings. The highest BCUT2D eigenvalue weighted by atomic mass is 19.1. The molecule has 2 rings (SSSR count). The molecule has 1 atom stereocenters. The number of nitrogens with one attached hydrogen (secondary N) is 1. The largest absolute Gasteiger partial charge is 0.496 e. The van der Waals surface area contributed by atoms with E-state index in [-0.39, 0.29) is 17.8 Å². The van der Waals surface area contributed by atoms with Crippen LogP contribution in [-0.4, -0.2) is 38.6 Å². The summed E-state index contributed by atoms with van der Waals surface area (Å²) in [6, 6.07) is 13.7. The molecule has 0 radical (unpaired) electrons. The van der Waals surface area contributed by atoms with Gasteiger partial charge in [0.05, 0.1) is 13.2 Å². The lowest BCUT2D eigenvalue weighted by molar-refractivity contribution is -0.116. The van der Waals surface area contributed by atoms with E-state index >= 15 is 0 Å². The molecule has 4 nitrogen and oxygen atoms in total. The third-order valence-corrected chi connectivity index (χ3v) is 3.89. The zero-order valence-electron chi connectivity index (χ0n) is 14.7. The monoisotopic (exact) mass is 342 g/mol. The number of nitrogens with zero attached hydrogens (tertiary/aromatic N) is 1. The van der Waals surface area contributed by atoms with Crippen molar-refractivity contribution < 1.29 is 13.9 Å². The molecule has 0 unspecified atom stereocenters. The number of methoxy groups -OCH3 is 1. The van der Waals surface area contributed by atoms with Crippen molar-refractivity contribution >= 4 is 12.0 Å². The summed E-state index contributed by atoms with van der Waals surface area (Å²) in [6.45, 7) is 0.444. The first-order valence-corrected chi connectivity index (χ1v) is 8.02. The Hall–Kier alpha value is -2.66. The van der Waals surface area contributed by atoms with Crippen LogP contribution in [0.1, 0.15) is 17.2 Å². The predicted octanol–water partition coefficient (Wildman–Crippen LogP) is 3.27. The molecule has 2 aromatic rings. The van der Waals surface area contributed by atoms with E-state index in [0.29, 0.717) is 6.54 Å². The van der Waals surface area contributed by atoms with Gasteiger partial charge in [0.25, 0.3) is 0 Å². The molecular formula is C20H23FN2O2. The fourth-order valence-corrected chi connectivity index (χ4v) is 2.51. The average Bonchev–Trinajstić information content (AvgIpc) is 2.61. The van der Waals surface area contributed by atoms with Crippen LogP contribution in [0.4, 0.5) is 4.39 Å². The highest BCUT2D eigenvalue weighted by molar-refractivity contribution is 5.91. The molecule has 0 heterocycles. The molecule has 0 aliphatic heterocycles. The molecular weight excluding hydrogens is 319 g/mol. The molecule has 0 fully saturated rings. The van der Waals surface area contributed by atoms with Crippen LogP contribution >= 0.6 is 0 Å². The van der Waals surface area contributed by atoms with Crippen molar-refractivity contribution in [1.29, 1.82) is 0 Å². The number of carbonyl (C=O) groups excluding carboxylic acids is 1. The number of hydrogen-bond donors (Lipinski definition) is 1. The highest BCUT2D eigenvalue weighted by Crippen LogP contribution is 2.27. The summed E-state index contributed by atoms with van der Waals surface area (Å²) in [5.41, 5.74) is 1.78. The maximum Gasteiger partial charge on any atom is 0.244 e. The van der Waals surface area contributed by atoms with E-state index in [0.717, 1.165) is 16.9 Å². The maximum atomic E-state index is 12.9. The van der Waals surface area contributed by atoms with Crippen LogP contribution in [0, 0.1) is 5.82 Å². The standard InChI is InChI=1S/C20H23FN2O2/c1-23(2)18(17-6-4-5-7-19(17)25-3)14-22-20(24)13-10-15-8-11-16(21)12-9-15/h4-13,18H,14H2,1-3H3,(H,22,24)/b13-10+/t18-/m0/s1. The zero-order chi connectivity index (χ0) is 18.2. The molecule has 0 aliphatic carbocycles. The van der Waals surface area contributed by atoms with Crippen LogP contribution in [0.2, 0.25) is 0 Å². The molecule has 132 valence electrons. The third-order valence-electron chi connectivity index (χ3n) is 3.89. The number of rotatable bonds is 7. The van der Waals surface area contributed by atoms with Gasteiger partial charge in [-0.1, -0.05) is 30.3 Å². The Morgan fingerprint density at radius 3 is 2.52 bits per heavy atom. The quantitative estimate of drug-likeness (QED) is 0.785. The van der Waals surface area contributed by atoms with Crippen molar-refractivity contribution in [3.63, 3.8) is 0 Å². The number of halogens is 1. The Morgan fingerprint density at radius 1 is 1.20 bits per heavy atom. The minimum Gasteiger partial charge on any atom is -0.496 e. The van der Waals surface area contributed by atoms with Crippen LogP contribution in [0.5, 0.6) is 5.75 Å². The minimum absolute atomic E-state index is 0.0145. The Balaban J connectivity index is 2.01. The van der Waals surface area contributed by atoms with E-state index < -0.39 is 0 Å². The van der Waals surface area contributed by atoms with Crippen molar-refractivity contribution in [3.8, 4) is 5.75 Å². The molecule has 0 bridgehead atoms. The predicted molar refractivity (Wildman–Crippen MR) is 97.9 cm³/mol. The van der Waals surface area contributed by atoms with E-state index in [2.05, 4.69) is 5.32 Å². The van der Waals surface area contributed by atoms with E-state index in [1.54, 1.807) is 25.3 Å². The van der Waals surface area contributed by atoms with Gasteiger partial charge < -0.3 is 15.0 Å². The normalized spacial score (nSPS) is 12.4. The van der Waals surface area contributed by atoms with Crippen molar-refractivity contribution in [3.05, 3.63) is 71.6 Å². The second-order valence-corrected chi connectivity index (χ2v) is 5.85. The van der Waals surface area contributed by atoms with Gasteiger partial charge in [-0.2, -0.15) is 0 Å². The number of benzene rings is 2. The Bertz CT molecular complexity index is 727. The zero-order valence-corrected chi connectivity index (χ0v) is 14.7. The fourth-order valence-electron chi connectivity index (χ4n) is 2.51. The lowest BCUT2D eigenvalue weighted by Gasteiger charge is -2.26. The van der Waals surface area contributed by atoms with Crippen molar-refractivity contribution in [2.45, 2.75) is 6.04 Å². The summed E-state index contributed by atoms with van der Waals surface area (Å²) in [5, 5.41) is 2.90. The molecule has 5 heteroatoms. The van der Waals surface area contributed by atoms with Crippen LogP contribution in [0.25, 0.3) is 6.08 Å². The number of carbonyl (C=O) groups is 1. The van der Waals surface area contributed by atoms with Gasteiger partial charge in [0.15, 0.2) is 0 Å². The Morgan fingerprint density at radius 2 is 1.88 bits per heavy atom. The topological polar surface area (TPSA) is 41.6 Å². The van der Waals surface area contributed by atoms with Crippen molar-refractivity contribution in [1.82, 2.24) is 10.2 Å². The first-order valence-electron chi connectivity index (χ1n) is 8.02. The molecule has 1 amide bonds. The van der Waals surface area contributed by atoms with Gasteiger partial charge in [-0.05, 0) is 43.9 Å². The second kappa shape index (κ2) is 8.99. The first-order chi connectivity index (χ1) is 12.0. The van der Waals surface area contributed by atoms with Crippen LogP contribution in [0.15, 0.2) is 54.6 Å².